The van der Waals surface area contributed by atoms with E-state index >= 15 is 0 Å². The maximum Gasteiger partial charge on any atom is 0.336 e. The molecule has 4 unspecified atom stereocenters. The molecule has 0 aliphatic rings. The Bertz CT molecular complexity index is 445. The average Bonchev–Trinajstić information content (AvgIpc) is 2.50. The van der Waals surface area contributed by atoms with Crippen LogP contribution in [0.15, 0.2) is 0 Å². The first kappa shape index (κ1) is 23.8. The molecule has 4 atom stereocenters. The first-order valence-corrected chi connectivity index (χ1v) is 8.20. The zero-order valence-corrected chi connectivity index (χ0v) is 15.3. The van der Waals surface area contributed by atoms with E-state index < -0.39 is 48.3 Å². The zero-order valence-electron chi connectivity index (χ0n) is 15.3. The average molecular weight is 378 g/mol. The number of ether oxygens (including phenoxy) is 4. The van der Waals surface area contributed by atoms with Gasteiger partial charge in [-0.05, 0) is 27.7 Å². The van der Waals surface area contributed by atoms with Gasteiger partial charge >= 0.3 is 23.9 Å². The summed E-state index contributed by atoms with van der Waals surface area (Å²) in [7, 11) is 0. The van der Waals surface area contributed by atoms with E-state index in [1.54, 1.807) is 13.8 Å². The fourth-order valence-electron chi connectivity index (χ4n) is 2.02. The van der Waals surface area contributed by atoms with Gasteiger partial charge in [-0.3, -0.25) is 9.59 Å². The standard InChI is InChI=1S/C16H26O10/c1-5-23-11(17)7-9(3)25-13(15(19)20)14(16(21)22)26-10(4)8-12(18)24-6-2/h9-10,13-14H,5-8H2,1-4H3,(H,19,20)(H,21,22). The molecule has 0 aromatic carbocycles. The molecule has 26 heavy (non-hydrogen) atoms. The molecule has 0 heterocycles. The van der Waals surface area contributed by atoms with Crippen LogP contribution in [0, 0.1) is 0 Å². The normalized spacial score (nSPS) is 15.4. The monoisotopic (exact) mass is 378 g/mol. The summed E-state index contributed by atoms with van der Waals surface area (Å²) in [6.45, 7) is 6.35. The van der Waals surface area contributed by atoms with Crippen LogP contribution in [0.2, 0.25) is 0 Å². The van der Waals surface area contributed by atoms with E-state index in [0.717, 1.165) is 0 Å². The van der Waals surface area contributed by atoms with Crippen molar-refractivity contribution in [2.75, 3.05) is 13.2 Å². The quantitative estimate of drug-likeness (QED) is 0.437. The van der Waals surface area contributed by atoms with Crippen LogP contribution < -0.4 is 0 Å². The summed E-state index contributed by atoms with van der Waals surface area (Å²) in [5.74, 6) is -4.35. The van der Waals surface area contributed by atoms with Gasteiger partial charge in [-0.25, -0.2) is 9.59 Å². The highest BCUT2D eigenvalue weighted by Crippen LogP contribution is 2.15. The van der Waals surface area contributed by atoms with Crippen LogP contribution in [0.4, 0.5) is 0 Å². The Morgan fingerprint density at radius 2 is 1.04 bits per heavy atom. The SMILES string of the molecule is CCOC(=O)CC(C)OC(C(=O)O)C(OC(C)CC(=O)OCC)C(=O)O. The third kappa shape index (κ3) is 9.33. The second-order valence-electron chi connectivity index (χ2n) is 5.43. The number of carboxylic acid groups (broad SMARTS) is 2. The summed E-state index contributed by atoms with van der Waals surface area (Å²) in [6.07, 6.45) is -6.07. The molecule has 0 aromatic heterocycles. The molecule has 0 aliphatic heterocycles. The van der Waals surface area contributed by atoms with Crippen LogP contribution >= 0.6 is 0 Å². The first-order chi connectivity index (χ1) is 12.1. The number of hydrogen-bond donors (Lipinski definition) is 2. The van der Waals surface area contributed by atoms with Crippen LogP contribution in [0.5, 0.6) is 0 Å². The van der Waals surface area contributed by atoms with E-state index in [0.29, 0.717) is 0 Å². The van der Waals surface area contributed by atoms with Crippen LogP contribution in [-0.4, -0.2) is 71.7 Å². The summed E-state index contributed by atoms with van der Waals surface area (Å²) < 4.78 is 19.8. The molecule has 0 aliphatic carbocycles. The van der Waals surface area contributed by atoms with E-state index in [2.05, 4.69) is 0 Å². The minimum atomic E-state index is -1.87. The molecule has 0 spiro atoms. The fourth-order valence-corrected chi connectivity index (χ4v) is 2.02. The summed E-state index contributed by atoms with van der Waals surface area (Å²) in [5, 5.41) is 18.6. The molecule has 0 saturated carbocycles. The maximum absolute atomic E-state index is 11.4. The summed E-state index contributed by atoms with van der Waals surface area (Å²) in [6, 6.07) is 0. The molecular weight excluding hydrogens is 352 g/mol. The predicted octanol–water partition coefficient (Wildman–Crippen LogP) is 0.609. The second-order valence-corrected chi connectivity index (χ2v) is 5.43. The lowest BCUT2D eigenvalue weighted by molar-refractivity contribution is -0.188. The number of carbonyl (C=O) groups excluding carboxylic acids is 2. The molecule has 150 valence electrons. The number of rotatable bonds is 13. The molecule has 10 heteroatoms. The van der Waals surface area contributed by atoms with Crippen molar-refractivity contribution in [2.45, 2.75) is 65.0 Å². The third-order valence-corrected chi connectivity index (χ3v) is 3.04. The Labute approximate surface area is 151 Å². The summed E-state index contributed by atoms with van der Waals surface area (Å²) >= 11 is 0. The highest BCUT2D eigenvalue weighted by molar-refractivity contribution is 5.83. The van der Waals surface area contributed by atoms with E-state index in [1.165, 1.54) is 13.8 Å². The predicted molar refractivity (Wildman–Crippen MR) is 86.4 cm³/mol. The van der Waals surface area contributed by atoms with Gasteiger partial charge in [0.2, 0.25) is 0 Å². The molecule has 0 rings (SSSR count). The zero-order chi connectivity index (χ0) is 20.3. The van der Waals surface area contributed by atoms with Crippen LogP contribution in [0.3, 0.4) is 0 Å². The van der Waals surface area contributed by atoms with Crippen LogP contribution in [0.1, 0.15) is 40.5 Å². The number of aliphatic carboxylic acids is 2. The molecule has 0 fully saturated rings. The van der Waals surface area contributed by atoms with Gasteiger partial charge in [0.25, 0.3) is 0 Å². The van der Waals surface area contributed by atoms with Gasteiger partial charge in [0, 0.05) is 0 Å². The van der Waals surface area contributed by atoms with Crippen molar-refractivity contribution in [3.8, 4) is 0 Å². The molecule has 0 saturated heterocycles. The Balaban J connectivity index is 5.00. The summed E-state index contributed by atoms with van der Waals surface area (Å²) in [5.41, 5.74) is 0. The van der Waals surface area contributed by atoms with E-state index in [-0.39, 0.29) is 26.1 Å². The smallest absolute Gasteiger partial charge is 0.336 e. The maximum atomic E-state index is 11.4. The second kappa shape index (κ2) is 12.2. The highest BCUT2D eigenvalue weighted by Gasteiger charge is 2.38. The van der Waals surface area contributed by atoms with Crippen molar-refractivity contribution in [2.24, 2.45) is 0 Å². The summed E-state index contributed by atoms with van der Waals surface area (Å²) in [4.78, 5) is 45.7. The van der Waals surface area contributed by atoms with Crippen molar-refractivity contribution in [1.82, 2.24) is 0 Å². The highest BCUT2D eigenvalue weighted by atomic mass is 16.6. The Hall–Kier alpha value is -2.20. The van der Waals surface area contributed by atoms with Crippen molar-refractivity contribution in [3.63, 3.8) is 0 Å². The van der Waals surface area contributed by atoms with Crippen LogP contribution in [0.25, 0.3) is 0 Å². The van der Waals surface area contributed by atoms with E-state index in [9.17, 15) is 29.4 Å². The Morgan fingerprint density at radius 3 is 1.27 bits per heavy atom. The van der Waals surface area contributed by atoms with Gasteiger partial charge in [0.15, 0.2) is 12.2 Å². The van der Waals surface area contributed by atoms with Crippen molar-refractivity contribution >= 4 is 23.9 Å². The molecule has 2 N–H and O–H groups in total. The minimum absolute atomic E-state index is 0.153. The fraction of sp³-hybridized carbons (Fsp3) is 0.750. The van der Waals surface area contributed by atoms with Gasteiger partial charge < -0.3 is 29.2 Å². The Kier molecular flexibility index (Phi) is 11.2. The third-order valence-electron chi connectivity index (χ3n) is 3.04. The number of hydrogen-bond acceptors (Lipinski definition) is 8. The molecule has 0 bridgehead atoms. The topological polar surface area (TPSA) is 146 Å². The van der Waals surface area contributed by atoms with E-state index in [1.807, 2.05) is 0 Å². The van der Waals surface area contributed by atoms with Crippen molar-refractivity contribution in [3.05, 3.63) is 0 Å². The lowest BCUT2D eigenvalue weighted by Crippen LogP contribution is -2.47. The van der Waals surface area contributed by atoms with Crippen molar-refractivity contribution in [1.29, 1.82) is 0 Å². The molecule has 10 nitrogen and oxygen atoms in total. The van der Waals surface area contributed by atoms with E-state index in [4.69, 9.17) is 18.9 Å². The van der Waals surface area contributed by atoms with Crippen LogP contribution in [-0.2, 0) is 38.1 Å². The van der Waals surface area contributed by atoms with Crippen molar-refractivity contribution < 1.29 is 48.3 Å². The lowest BCUT2D eigenvalue weighted by atomic mass is 10.1. The molecule has 0 radical (unpaired) electrons. The van der Waals surface area contributed by atoms with Gasteiger partial charge in [-0.2, -0.15) is 0 Å². The molecular formula is C16H26O10. The minimum Gasteiger partial charge on any atom is -0.479 e. The van der Waals surface area contributed by atoms with Gasteiger partial charge in [-0.1, -0.05) is 0 Å². The number of esters is 2. The molecule has 0 aromatic rings. The lowest BCUT2D eigenvalue weighted by Gasteiger charge is -2.26. The van der Waals surface area contributed by atoms with Gasteiger partial charge in [0.1, 0.15) is 0 Å². The molecule has 0 amide bonds. The number of carboxylic acids is 2. The van der Waals surface area contributed by atoms with Gasteiger partial charge in [0.05, 0.1) is 38.3 Å². The largest absolute Gasteiger partial charge is 0.479 e. The van der Waals surface area contributed by atoms with Gasteiger partial charge in [-0.15, -0.1) is 0 Å². The number of carbonyl (C=O) groups is 4. The first-order valence-electron chi connectivity index (χ1n) is 8.20. The Morgan fingerprint density at radius 1 is 0.731 bits per heavy atom.